The third-order valence-corrected chi connectivity index (χ3v) is 5.38. The van der Waals surface area contributed by atoms with Gasteiger partial charge in [0.15, 0.2) is 0 Å². The van der Waals surface area contributed by atoms with E-state index in [0.29, 0.717) is 11.3 Å². The normalized spacial score (nSPS) is 33.4. The zero-order valence-electron chi connectivity index (χ0n) is 11.8. The molecule has 2 aliphatic rings. The van der Waals surface area contributed by atoms with Gasteiger partial charge in [0.05, 0.1) is 11.4 Å². The van der Waals surface area contributed by atoms with Crippen LogP contribution < -0.4 is 5.32 Å². The van der Waals surface area contributed by atoms with Crippen molar-refractivity contribution < 1.29 is 0 Å². The summed E-state index contributed by atoms with van der Waals surface area (Å²) in [6, 6.07) is 0.786. The summed E-state index contributed by atoms with van der Waals surface area (Å²) in [6.07, 6.45) is 6.32. The third kappa shape index (κ3) is 1.60. The summed E-state index contributed by atoms with van der Waals surface area (Å²) in [6.45, 7) is 10.3. The fraction of sp³-hybridized carbons (Fsp3) is 0.733. The van der Waals surface area contributed by atoms with Crippen molar-refractivity contribution in [1.29, 1.82) is 0 Å². The van der Waals surface area contributed by atoms with Crippen LogP contribution in [0.3, 0.4) is 0 Å². The Morgan fingerprint density at radius 2 is 1.89 bits per heavy atom. The molecule has 98 valence electrons. The summed E-state index contributed by atoms with van der Waals surface area (Å²) >= 11 is 0. The molecule has 1 aromatic rings. The molecule has 2 fully saturated rings. The summed E-state index contributed by atoms with van der Waals surface area (Å²) in [4.78, 5) is 9.02. The minimum absolute atomic E-state index is 0.174. The van der Waals surface area contributed by atoms with Gasteiger partial charge < -0.3 is 5.32 Å². The van der Waals surface area contributed by atoms with Crippen LogP contribution in [-0.2, 0) is 5.41 Å². The molecule has 3 heteroatoms. The molecule has 2 unspecified atom stereocenters. The monoisotopic (exact) mass is 245 g/mol. The quantitative estimate of drug-likeness (QED) is 0.885. The Balaban J connectivity index is 1.83. The Morgan fingerprint density at radius 1 is 1.22 bits per heavy atom. The lowest BCUT2D eigenvalue weighted by Crippen LogP contribution is -2.23. The average molecular weight is 245 g/mol. The fourth-order valence-electron chi connectivity index (χ4n) is 3.52. The highest BCUT2D eigenvalue weighted by Gasteiger charge is 2.69. The predicted octanol–water partition coefficient (Wildman–Crippen LogP) is 2.45. The maximum Gasteiger partial charge on any atom is 0.0683 e. The number of nitrogens with one attached hydrogen (secondary N) is 1. The van der Waals surface area contributed by atoms with Crippen LogP contribution in [0.4, 0.5) is 0 Å². The van der Waals surface area contributed by atoms with E-state index in [4.69, 9.17) is 0 Å². The molecule has 2 aliphatic carbocycles. The van der Waals surface area contributed by atoms with E-state index >= 15 is 0 Å². The van der Waals surface area contributed by atoms with E-state index in [9.17, 15) is 0 Å². The molecule has 0 spiro atoms. The number of hydrogen-bond donors (Lipinski definition) is 1. The second kappa shape index (κ2) is 3.77. The highest BCUT2D eigenvalue weighted by molar-refractivity contribution is 5.37. The van der Waals surface area contributed by atoms with Gasteiger partial charge in [0, 0.05) is 23.9 Å². The standard InChI is InChI=1S/C15H23N3/c1-10-13(17-8-7-16-10)15(4)12(14(15,2)3)9-18-11-5-6-11/h7-8,11-12,18H,5-6,9H2,1-4H3. The van der Waals surface area contributed by atoms with Crippen LogP contribution in [0.25, 0.3) is 0 Å². The van der Waals surface area contributed by atoms with Gasteiger partial charge in [-0.3, -0.25) is 9.97 Å². The Bertz CT molecular complexity index is 465. The molecular formula is C15H23N3. The zero-order chi connectivity index (χ0) is 13.0. The number of nitrogens with zero attached hydrogens (tertiary/aromatic N) is 2. The number of aryl methyl sites for hydroxylation is 1. The second-order valence-electron chi connectivity index (χ2n) is 6.65. The van der Waals surface area contributed by atoms with E-state index in [1.807, 2.05) is 6.20 Å². The average Bonchev–Trinajstić information content (AvgIpc) is 3.19. The highest BCUT2D eigenvalue weighted by atomic mass is 15.0. The van der Waals surface area contributed by atoms with Gasteiger partial charge in [-0.25, -0.2) is 0 Å². The van der Waals surface area contributed by atoms with Crippen molar-refractivity contribution in [3.63, 3.8) is 0 Å². The Labute approximate surface area is 109 Å². The molecule has 1 heterocycles. The van der Waals surface area contributed by atoms with E-state index < -0.39 is 0 Å². The molecule has 0 aromatic carbocycles. The lowest BCUT2D eigenvalue weighted by atomic mass is 9.93. The highest BCUT2D eigenvalue weighted by Crippen LogP contribution is 2.68. The molecule has 1 N–H and O–H groups in total. The van der Waals surface area contributed by atoms with Crippen molar-refractivity contribution in [2.75, 3.05) is 6.54 Å². The Hall–Kier alpha value is -0.960. The third-order valence-electron chi connectivity index (χ3n) is 5.38. The zero-order valence-corrected chi connectivity index (χ0v) is 11.8. The molecule has 0 amide bonds. The molecule has 3 rings (SSSR count). The molecule has 3 nitrogen and oxygen atoms in total. The van der Waals surface area contributed by atoms with Crippen LogP contribution in [0.2, 0.25) is 0 Å². The van der Waals surface area contributed by atoms with Crippen molar-refractivity contribution in [1.82, 2.24) is 15.3 Å². The summed E-state index contributed by atoms with van der Waals surface area (Å²) in [5.74, 6) is 0.668. The Kier molecular flexibility index (Phi) is 2.53. The lowest BCUT2D eigenvalue weighted by Gasteiger charge is -2.15. The Morgan fingerprint density at radius 3 is 2.50 bits per heavy atom. The van der Waals surface area contributed by atoms with Crippen molar-refractivity contribution in [2.45, 2.75) is 52.0 Å². The van der Waals surface area contributed by atoms with Crippen LogP contribution in [0, 0.1) is 18.3 Å². The molecule has 0 saturated heterocycles. The summed E-state index contributed by atoms with van der Waals surface area (Å²) in [7, 11) is 0. The van der Waals surface area contributed by atoms with E-state index in [0.717, 1.165) is 18.3 Å². The van der Waals surface area contributed by atoms with E-state index in [2.05, 4.69) is 43.0 Å². The van der Waals surface area contributed by atoms with Gasteiger partial charge >= 0.3 is 0 Å². The first-order chi connectivity index (χ1) is 8.48. The smallest absolute Gasteiger partial charge is 0.0683 e. The van der Waals surface area contributed by atoms with Gasteiger partial charge in [-0.05, 0) is 37.6 Å². The van der Waals surface area contributed by atoms with Crippen LogP contribution in [0.5, 0.6) is 0 Å². The van der Waals surface area contributed by atoms with Gasteiger partial charge in [0.25, 0.3) is 0 Å². The summed E-state index contributed by atoms with van der Waals surface area (Å²) in [5, 5.41) is 3.67. The van der Waals surface area contributed by atoms with E-state index in [-0.39, 0.29) is 5.41 Å². The number of hydrogen-bond acceptors (Lipinski definition) is 3. The van der Waals surface area contributed by atoms with Crippen molar-refractivity contribution in [3.05, 3.63) is 23.8 Å². The molecule has 2 atom stereocenters. The molecule has 0 bridgehead atoms. The molecule has 1 aromatic heterocycles. The van der Waals surface area contributed by atoms with Crippen LogP contribution >= 0.6 is 0 Å². The first kappa shape index (κ1) is 12.1. The molecular weight excluding hydrogens is 222 g/mol. The molecule has 2 saturated carbocycles. The van der Waals surface area contributed by atoms with Gasteiger partial charge in [-0.15, -0.1) is 0 Å². The largest absolute Gasteiger partial charge is 0.314 e. The first-order valence-corrected chi connectivity index (χ1v) is 6.99. The van der Waals surface area contributed by atoms with Gasteiger partial charge in [0.2, 0.25) is 0 Å². The molecule has 0 radical (unpaired) electrons. The summed E-state index contributed by atoms with van der Waals surface area (Å²) in [5.41, 5.74) is 2.77. The lowest BCUT2D eigenvalue weighted by molar-refractivity contribution is 0.501. The number of rotatable bonds is 4. The van der Waals surface area contributed by atoms with Crippen molar-refractivity contribution in [2.24, 2.45) is 11.3 Å². The number of aromatic nitrogens is 2. The minimum Gasteiger partial charge on any atom is -0.314 e. The van der Waals surface area contributed by atoms with Crippen LogP contribution in [-0.4, -0.2) is 22.6 Å². The van der Waals surface area contributed by atoms with E-state index in [1.165, 1.54) is 18.5 Å². The predicted molar refractivity (Wildman–Crippen MR) is 72.4 cm³/mol. The van der Waals surface area contributed by atoms with Crippen molar-refractivity contribution in [3.8, 4) is 0 Å². The van der Waals surface area contributed by atoms with E-state index in [1.54, 1.807) is 6.20 Å². The summed E-state index contributed by atoms with van der Waals surface area (Å²) < 4.78 is 0. The maximum atomic E-state index is 4.61. The molecule has 18 heavy (non-hydrogen) atoms. The first-order valence-electron chi connectivity index (χ1n) is 6.99. The minimum atomic E-state index is 0.174. The van der Waals surface area contributed by atoms with Crippen LogP contribution in [0.1, 0.15) is 45.0 Å². The van der Waals surface area contributed by atoms with Gasteiger partial charge in [-0.1, -0.05) is 20.8 Å². The maximum absolute atomic E-state index is 4.61. The van der Waals surface area contributed by atoms with Gasteiger partial charge in [0.1, 0.15) is 0 Å². The van der Waals surface area contributed by atoms with Crippen LogP contribution in [0.15, 0.2) is 12.4 Å². The second-order valence-corrected chi connectivity index (χ2v) is 6.65. The SMILES string of the molecule is Cc1nccnc1C1(C)C(CNC2CC2)C1(C)C. The fourth-order valence-corrected chi connectivity index (χ4v) is 3.52. The van der Waals surface area contributed by atoms with Crippen molar-refractivity contribution >= 4 is 0 Å². The topological polar surface area (TPSA) is 37.8 Å². The van der Waals surface area contributed by atoms with Gasteiger partial charge in [-0.2, -0.15) is 0 Å². The molecule has 0 aliphatic heterocycles.